The highest BCUT2D eigenvalue weighted by atomic mass is 35.5. The highest BCUT2D eigenvalue weighted by Gasteiger charge is 2.06. The molecule has 5 heteroatoms. The van der Waals surface area contributed by atoms with Crippen molar-refractivity contribution in [3.63, 3.8) is 0 Å². The molecule has 0 aliphatic heterocycles. The Kier molecular flexibility index (Phi) is 3.07. The Balaban J connectivity index is 3.35. The molecule has 0 radical (unpaired) electrons. The molecule has 0 aromatic heterocycles. The normalized spacial score (nSPS) is 9.14. The fourth-order valence-electron chi connectivity index (χ4n) is 0.0630. The number of nitrogens with two attached hydrogens (primary N) is 1. The summed E-state index contributed by atoms with van der Waals surface area (Å²) in [5, 5.41) is 0. The van der Waals surface area contributed by atoms with Gasteiger partial charge >= 0.3 is 0 Å². The van der Waals surface area contributed by atoms with Crippen molar-refractivity contribution in [2.75, 3.05) is 0 Å². The molecule has 0 atom stereocenters. The van der Waals surface area contributed by atoms with Crippen molar-refractivity contribution in [2.24, 2.45) is 5.84 Å². The van der Waals surface area contributed by atoms with Gasteiger partial charge in [-0.25, -0.2) is 5.84 Å². The first-order chi connectivity index (χ1) is 3.18. The first-order valence-electron chi connectivity index (χ1n) is 1.47. The van der Waals surface area contributed by atoms with Crippen LogP contribution in [-0.4, -0.2) is 10.7 Å². The SMILES string of the molecule is NNC(=O)C(Cl)Cl. The van der Waals surface area contributed by atoms with Gasteiger partial charge in [-0.05, 0) is 0 Å². The first kappa shape index (κ1) is 7.01. The van der Waals surface area contributed by atoms with Crippen LogP contribution in [0.15, 0.2) is 0 Å². The zero-order chi connectivity index (χ0) is 5.86. The molecule has 0 bridgehead atoms. The Morgan fingerprint density at radius 1 is 1.71 bits per heavy atom. The summed E-state index contributed by atoms with van der Waals surface area (Å²) in [7, 11) is 0. The molecule has 0 unspecified atom stereocenters. The summed E-state index contributed by atoms with van der Waals surface area (Å²) in [5.41, 5.74) is 1.76. The second-order valence-electron chi connectivity index (χ2n) is 0.809. The summed E-state index contributed by atoms with van der Waals surface area (Å²) >= 11 is 10.0. The Morgan fingerprint density at radius 2 is 2.14 bits per heavy atom. The number of carbonyl (C=O) groups excluding carboxylic acids is 1. The average Bonchev–Trinajstić information content (AvgIpc) is 1.65. The predicted octanol–water partition coefficient (Wildman–Crippen LogP) is -0.220. The molecule has 3 nitrogen and oxygen atoms in total. The molecule has 0 aliphatic carbocycles. The zero-order valence-electron chi connectivity index (χ0n) is 3.32. The zero-order valence-corrected chi connectivity index (χ0v) is 4.83. The van der Waals surface area contributed by atoms with Crippen molar-refractivity contribution in [3.8, 4) is 0 Å². The van der Waals surface area contributed by atoms with Crippen LogP contribution < -0.4 is 11.3 Å². The van der Waals surface area contributed by atoms with Crippen molar-refractivity contribution < 1.29 is 4.79 Å². The molecule has 7 heavy (non-hydrogen) atoms. The highest BCUT2D eigenvalue weighted by molar-refractivity contribution is 6.53. The standard InChI is InChI=1S/C2H4Cl2N2O/c3-1(4)2(7)6-5/h1H,5H2,(H,6,7). The van der Waals surface area contributed by atoms with E-state index in [1.807, 2.05) is 0 Å². The van der Waals surface area contributed by atoms with Crippen molar-refractivity contribution in [1.82, 2.24) is 5.43 Å². The van der Waals surface area contributed by atoms with Gasteiger partial charge in [0.15, 0.2) is 4.84 Å². The Hall–Kier alpha value is 0.01000. The van der Waals surface area contributed by atoms with Crippen LogP contribution in [0.5, 0.6) is 0 Å². The number of amides is 1. The van der Waals surface area contributed by atoms with Crippen LogP contribution in [0, 0.1) is 0 Å². The number of rotatable bonds is 1. The lowest BCUT2D eigenvalue weighted by atomic mass is 10.7. The van der Waals surface area contributed by atoms with Gasteiger partial charge in [-0.2, -0.15) is 0 Å². The molecule has 0 aliphatic rings. The van der Waals surface area contributed by atoms with Crippen molar-refractivity contribution in [2.45, 2.75) is 4.84 Å². The van der Waals surface area contributed by atoms with Gasteiger partial charge in [0, 0.05) is 0 Å². The minimum absolute atomic E-state index is 0.594. The maximum atomic E-state index is 10.0. The number of hydrazine groups is 1. The van der Waals surface area contributed by atoms with Crippen molar-refractivity contribution in [3.05, 3.63) is 0 Å². The second kappa shape index (κ2) is 3.07. The van der Waals surface area contributed by atoms with E-state index in [2.05, 4.69) is 5.84 Å². The van der Waals surface area contributed by atoms with Crippen LogP contribution in [0.2, 0.25) is 0 Å². The molecule has 0 spiro atoms. The van der Waals surface area contributed by atoms with Crippen LogP contribution >= 0.6 is 23.2 Å². The van der Waals surface area contributed by atoms with Gasteiger partial charge in [-0.15, -0.1) is 0 Å². The van der Waals surface area contributed by atoms with E-state index >= 15 is 0 Å². The van der Waals surface area contributed by atoms with Gasteiger partial charge in [0.05, 0.1) is 0 Å². The van der Waals surface area contributed by atoms with Crippen LogP contribution in [0.3, 0.4) is 0 Å². The van der Waals surface area contributed by atoms with Crippen LogP contribution in [0.1, 0.15) is 0 Å². The van der Waals surface area contributed by atoms with E-state index in [9.17, 15) is 4.79 Å². The van der Waals surface area contributed by atoms with Crippen LogP contribution in [0.25, 0.3) is 0 Å². The van der Waals surface area contributed by atoms with Gasteiger partial charge in [0.2, 0.25) is 0 Å². The molecule has 0 saturated heterocycles. The molecule has 1 amide bonds. The number of hydrogen-bond donors (Lipinski definition) is 2. The lowest BCUT2D eigenvalue weighted by Gasteiger charge is -1.94. The number of nitrogens with one attached hydrogen (secondary N) is 1. The molecule has 42 valence electrons. The van der Waals surface area contributed by atoms with Crippen molar-refractivity contribution in [1.29, 1.82) is 0 Å². The van der Waals surface area contributed by atoms with Crippen molar-refractivity contribution >= 4 is 29.1 Å². The monoisotopic (exact) mass is 142 g/mol. The molecular formula is C2H4Cl2N2O. The van der Waals surface area contributed by atoms with Gasteiger partial charge in [0.1, 0.15) is 0 Å². The summed E-state index contributed by atoms with van der Waals surface area (Å²) < 4.78 is 0. The third kappa shape index (κ3) is 2.68. The number of carbonyl (C=O) groups is 1. The maximum absolute atomic E-state index is 10.0. The third-order valence-corrected chi connectivity index (χ3v) is 0.737. The number of alkyl halides is 2. The van der Waals surface area contributed by atoms with E-state index in [4.69, 9.17) is 23.2 Å². The molecule has 0 rings (SSSR count). The maximum Gasteiger partial charge on any atom is 0.267 e. The largest absolute Gasteiger partial charge is 0.292 e. The lowest BCUT2D eigenvalue weighted by molar-refractivity contribution is -0.119. The molecule has 0 fully saturated rings. The molecule has 0 saturated carbocycles. The topological polar surface area (TPSA) is 55.1 Å². The molecule has 0 heterocycles. The lowest BCUT2D eigenvalue weighted by Crippen LogP contribution is -2.34. The average molecular weight is 143 g/mol. The molecular weight excluding hydrogens is 139 g/mol. The molecule has 3 N–H and O–H groups in total. The summed E-state index contributed by atoms with van der Waals surface area (Å²) in [4.78, 5) is 8.95. The van der Waals surface area contributed by atoms with E-state index in [0.717, 1.165) is 0 Å². The Bertz CT molecular complexity index is 74.1. The number of halogens is 2. The smallest absolute Gasteiger partial charge is 0.267 e. The molecule has 0 aromatic rings. The summed E-state index contributed by atoms with van der Waals surface area (Å²) in [6, 6.07) is 0. The van der Waals surface area contributed by atoms with E-state index in [1.165, 1.54) is 0 Å². The third-order valence-electron chi connectivity index (χ3n) is 0.340. The number of hydrogen-bond acceptors (Lipinski definition) is 2. The van der Waals surface area contributed by atoms with E-state index in [-0.39, 0.29) is 0 Å². The van der Waals surface area contributed by atoms with Gasteiger partial charge in [0.25, 0.3) is 5.91 Å². The van der Waals surface area contributed by atoms with E-state index in [0.29, 0.717) is 0 Å². The summed E-state index contributed by atoms with van der Waals surface area (Å²) in [6.07, 6.45) is 0. The van der Waals surface area contributed by atoms with Crippen LogP contribution in [0.4, 0.5) is 0 Å². The van der Waals surface area contributed by atoms with Gasteiger partial charge in [-0.3, -0.25) is 10.2 Å². The second-order valence-corrected chi connectivity index (χ2v) is 1.91. The minimum atomic E-state index is -1.06. The fourth-order valence-corrected chi connectivity index (χ4v) is 0.189. The summed E-state index contributed by atoms with van der Waals surface area (Å²) in [6.45, 7) is 0. The predicted molar refractivity (Wildman–Crippen MR) is 27.8 cm³/mol. The molecule has 0 aromatic carbocycles. The first-order valence-corrected chi connectivity index (χ1v) is 2.34. The quantitative estimate of drug-likeness (QED) is 0.231. The minimum Gasteiger partial charge on any atom is -0.292 e. The highest BCUT2D eigenvalue weighted by Crippen LogP contribution is 1.98. The van der Waals surface area contributed by atoms with E-state index < -0.39 is 10.7 Å². The Morgan fingerprint density at radius 3 is 2.14 bits per heavy atom. The van der Waals surface area contributed by atoms with Gasteiger partial charge < -0.3 is 0 Å². The fraction of sp³-hybridized carbons (Fsp3) is 0.500. The van der Waals surface area contributed by atoms with Crippen LogP contribution in [-0.2, 0) is 4.79 Å². The van der Waals surface area contributed by atoms with Gasteiger partial charge in [-0.1, -0.05) is 23.2 Å². The van der Waals surface area contributed by atoms with E-state index in [1.54, 1.807) is 5.43 Å². The summed E-state index contributed by atoms with van der Waals surface area (Å²) in [5.74, 6) is 4.01. The Labute approximate surface area is 50.7 Å².